The van der Waals surface area contributed by atoms with E-state index in [2.05, 4.69) is 33.0 Å². The van der Waals surface area contributed by atoms with Crippen molar-refractivity contribution in [3.63, 3.8) is 0 Å². The molecule has 0 radical (unpaired) electrons. The quantitative estimate of drug-likeness (QED) is 0.797. The zero-order chi connectivity index (χ0) is 13.1. The number of sulfone groups is 1. The molecule has 1 N–H and O–H groups in total. The van der Waals surface area contributed by atoms with Crippen LogP contribution in [-0.2, 0) is 9.84 Å². The molecule has 102 valence electrons. The van der Waals surface area contributed by atoms with Gasteiger partial charge in [0.1, 0.15) is 0 Å². The Bertz CT molecular complexity index is 337. The Kier molecular flexibility index (Phi) is 5.02. The third-order valence-electron chi connectivity index (χ3n) is 3.95. The van der Waals surface area contributed by atoms with Crippen LogP contribution in [0.15, 0.2) is 0 Å². The summed E-state index contributed by atoms with van der Waals surface area (Å²) >= 11 is 0. The predicted molar refractivity (Wildman–Crippen MR) is 72.9 cm³/mol. The van der Waals surface area contributed by atoms with Crippen molar-refractivity contribution >= 4 is 9.84 Å². The Morgan fingerprint density at radius 1 is 1.41 bits per heavy atom. The van der Waals surface area contributed by atoms with Crippen LogP contribution in [0.1, 0.15) is 47.0 Å². The normalized spacial score (nSPS) is 27.2. The SMILES string of the molecule is CCCC(C)(CNC(C)C)C1CCS(=O)(=O)C1. The molecule has 1 heterocycles. The molecule has 0 amide bonds. The molecular formula is C13H27NO2S. The molecule has 2 atom stereocenters. The van der Waals surface area contributed by atoms with Crippen LogP contribution >= 0.6 is 0 Å². The zero-order valence-electron chi connectivity index (χ0n) is 11.6. The monoisotopic (exact) mass is 261 g/mol. The predicted octanol–water partition coefficient (Wildman–Crippen LogP) is 2.23. The maximum absolute atomic E-state index is 11.6. The van der Waals surface area contributed by atoms with Gasteiger partial charge in [0.05, 0.1) is 11.5 Å². The molecule has 4 heteroatoms. The van der Waals surface area contributed by atoms with Gasteiger partial charge in [-0.3, -0.25) is 0 Å². The molecule has 0 aromatic heterocycles. The first-order chi connectivity index (χ1) is 7.79. The lowest BCUT2D eigenvalue weighted by Gasteiger charge is -2.36. The van der Waals surface area contributed by atoms with E-state index in [1.165, 1.54) is 0 Å². The van der Waals surface area contributed by atoms with E-state index < -0.39 is 9.84 Å². The summed E-state index contributed by atoms with van der Waals surface area (Å²) < 4.78 is 23.2. The molecule has 1 saturated heterocycles. The number of hydrogen-bond acceptors (Lipinski definition) is 3. The smallest absolute Gasteiger partial charge is 0.150 e. The third kappa shape index (κ3) is 4.25. The summed E-state index contributed by atoms with van der Waals surface area (Å²) in [4.78, 5) is 0. The van der Waals surface area contributed by atoms with Crippen LogP contribution in [0.25, 0.3) is 0 Å². The fraction of sp³-hybridized carbons (Fsp3) is 1.00. The van der Waals surface area contributed by atoms with Crippen LogP contribution in [0.4, 0.5) is 0 Å². The van der Waals surface area contributed by atoms with Gasteiger partial charge < -0.3 is 5.32 Å². The van der Waals surface area contributed by atoms with Crippen molar-refractivity contribution in [2.45, 2.75) is 53.0 Å². The molecule has 0 aromatic rings. The van der Waals surface area contributed by atoms with Gasteiger partial charge in [-0.25, -0.2) is 8.42 Å². The van der Waals surface area contributed by atoms with Gasteiger partial charge in [0.15, 0.2) is 9.84 Å². The summed E-state index contributed by atoms with van der Waals surface area (Å²) in [5.41, 5.74) is 0.128. The molecule has 1 fully saturated rings. The molecule has 2 unspecified atom stereocenters. The van der Waals surface area contributed by atoms with Crippen LogP contribution < -0.4 is 5.32 Å². The van der Waals surface area contributed by atoms with Crippen LogP contribution in [0.2, 0.25) is 0 Å². The van der Waals surface area contributed by atoms with Gasteiger partial charge in [-0.1, -0.05) is 34.1 Å². The van der Waals surface area contributed by atoms with Crippen LogP contribution in [0.5, 0.6) is 0 Å². The van der Waals surface area contributed by atoms with E-state index in [0.29, 0.717) is 23.5 Å². The summed E-state index contributed by atoms with van der Waals surface area (Å²) in [5, 5.41) is 3.48. The Labute approximate surface area is 106 Å². The van der Waals surface area contributed by atoms with Crippen molar-refractivity contribution in [2.24, 2.45) is 11.3 Å². The maximum atomic E-state index is 11.6. The van der Waals surface area contributed by atoms with Gasteiger partial charge in [0.25, 0.3) is 0 Å². The van der Waals surface area contributed by atoms with E-state index in [1.807, 2.05) is 0 Å². The Balaban J connectivity index is 2.70. The average Bonchev–Trinajstić information content (AvgIpc) is 2.57. The standard InChI is InChI=1S/C13H27NO2S/c1-5-7-13(4,10-14-11(2)3)12-6-8-17(15,16)9-12/h11-12,14H,5-10H2,1-4H3. The minimum atomic E-state index is -2.76. The minimum absolute atomic E-state index is 0.128. The lowest BCUT2D eigenvalue weighted by atomic mass is 9.73. The second-order valence-electron chi connectivity index (χ2n) is 6.04. The molecule has 17 heavy (non-hydrogen) atoms. The highest BCUT2D eigenvalue weighted by Crippen LogP contribution is 2.39. The van der Waals surface area contributed by atoms with Crippen LogP contribution in [0, 0.1) is 11.3 Å². The van der Waals surface area contributed by atoms with E-state index >= 15 is 0 Å². The second kappa shape index (κ2) is 5.70. The molecule has 0 aromatic carbocycles. The van der Waals surface area contributed by atoms with E-state index in [0.717, 1.165) is 25.8 Å². The lowest BCUT2D eigenvalue weighted by molar-refractivity contribution is 0.175. The summed E-state index contributed by atoms with van der Waals surface area (Å²) in [6.07, 6.45) is 3.07. The zero-order valence-corrected chi connectivity index (χ0v) is 12.4. The van der Waals surface area contributed by atoms with Crippen LogP contribution in [-0.4, -0.2) is 32.5 Å². The number of hydrogen-bond donors (Lipinski definition) is 1. The highest BCUT2D eigenvalue weighted by molar-refractivity contribution is 7.91. The fourth-order valence-electron chi connectivity index (χ4n) is 2.79. The van der Waals surface area contributed by atoms with Crippen molar-refractivity contribution in [3.8, 4) is 0 Å². The third-order valence-corrected chi connectivity index (χ3v) is 5.72. The molecule has 3 nitrogen and oxygen atoms in total. The number of rotatable bonds is 6. The van der Waals surface area contributed by atoms with Crippen molar-refractivity contribution in [3.05, 3.63) is 0 Å². The van der Waals surface area contributed by atoms with Crippen LogP contribution in [0.3, 0.4) is 0 Å². The summed E-state index contributed by atoms with van der Waals surface area (Å²) in [6.45, 7) is 9.63. The fourth-order valence-corrected chi connectivity index (χ4v) is 4.78. The van der Waals surface area contributed by atoms with Gasteiger partial charge in [-0.2, -0.15) is 0 Å². The average molecular weight is 261 g/mol. The molecule has 1 aliphatic heterocycles. The first-order valence-electron chi connectivity index (χ1n) is 6.73. The molecule has 0 spiro atoms. The van der Waals surface area contributed by atoms with E-state index in [4.69, 9.17) is 0 Å². The van der Waals surface area contributed by atoms with E-state index in [-0.39, 0.29) is 5.41 Å². The largest absolute Gasteiger partial charge is 0.314 e. The van der Waals surface area contributed by atoms with Gasteiger partial charge >= 0.3 is 0 Å². The first-order valence-corrected chi connectivity index (χ1v) is 8.55. The Hall–Kier alpha value is -0.0900. The van der Waals surface area contributed by atoms with Gasteiger partial charge in [-0.05, 0) is 24.2 Å². The highest BCUT2D eigenvalue weighted by Gasteiger charge is 2.40. The molecule has 1 rings (SSSR count). The first kappa shape index (κ1) is 15.0. The molecule has 0 aliphatic carbocycles. The summed E-state index contributed by atoms with van der Waals surface area (Å²) in [7, 11) is -2.76. The topological polar surface area (TPSA) is 46.2 Å². The number of nitrogens with one attached hydrogen (secondary N) is 1. The van der Waals surface area contributed by atoms with Crippen molar-refractivity contribution in [1.82, 2.24) is 5.32 Å². The van der Waals surface area contributed by atoms with Crippen molar-refractivity contribution in [2.75, 3.05) is 18.1 Å². The molecule has 0 bridgehead atoms. The molecular weight excluding hydrogens is 234 g/mol. The molecule has 1 aliphatic rings. The van der Waals surface area contributed by atoms with E-state index in [9.17, 15) is 8.42 Å². The lowest BCUT2D eigenvalue weighted by Crippen LogP contribution is -2.41. The second-order valence-corrected chi connectivity index (χ2v) is 8.27. The Morgan fingerprint density at radius 3 is 2.47 bits per heavy atom. The highest BCUT2D eigenvalue weighted by atomic mass is 32.2. The minimum Gasteiger partial charge on any atom is -0.314 e. The van der Waals surface area contributed by atoms with Gasteiger partial charge in [-0.15, -0.1) is 0 Å². The van der Waals surface area contributed by atoms with Gasteiger partial charge in [0.2, 0.25) is 0 Å². The van der Waals surface area contributed by atoms with E-state index in [1.54, 1.807) is 0 Å². The van der Waals surface area contributed by atoms with Crippen molar-refractivity contribution in [1.29, 1.82) is 0 Å². The molecule has 0 saturated carbocycles. The Morgan fingerprint density at radius 2 is 2.06 bits per heavy atom. The maximum Gasteiger partial charge on any atom is 0.150 e. The summed E-state index contributed by atoms with van der Waals surface area (Å²) in [5.74, 6) is 1.11. The van der Waals surface area contributed by atoms with Gasteiger partial charge in [0, 0.05) is 12.6 Å². The van der Waals surface area contributed by atoms with Crippen molar-refractivity contribution < 1.29 is 8.42 Å². The summed E-state index contributed by atoms with van der Waals surface area (Å²) in [6, 6.07) is 0.462.